The van der Waals surface area contributed by atoms with Crippen LogP contribution in [-0.4, -0.2) is 10.8 Å². The zero-order valence-corrected chi connectivity index (χ0v) is 15.8. The normalized spacial score (nSPS) is 10.8. The van der Waals surface area contributed by atoms with Crippen LogP contribution in [0.5, 0.6) is 0 Å². The van der Waals surface area contributed by atoms with E-state index in [2.05, 4.69) is 46.3 Å². The largest absolute Gasteiger partial charge is 0.311 e. The van der Waals surface area contributed by atoms with Crippen LogP contribution in [0.15, 0.2) is 115 Å². The summed E-state index contributed by atoms with van der Waals surface area (Å²) in [4.78, 5) is 18.5. The summed E-state index contributed by atoms with van der Waals surface area (Å²) in [5.74, 6) is -0.107. The highest BCUT2D eigenvalue weighted by Crippen LogP contribution is 2.34. The minimum atomic E-state index is -0.107. The van der Waals surface area contributed by atoms with Gasteiger partial charge < -0.3 is 4.90 Å². The molecule has 0 bridgehead atoms. The molecule has 140 valence electrons. The van der Waals surface area contributed by atoms with Gasteiger partial charge in [-0.3, -0.25) is 9.78 Å². The molecule has 1 heterocycles. The Morgan fingerprint density at radius 2 is 1.21 bits per heavy atom. The zero-order chi connectivity index (χ0) is 19.9. The summed E-state index contributed by atoms with van der Waals surface area (Å²) in [5.41, 5.74) is 4.63. The maximum Gasteiger partial charge on any atom is 0.204 e. The number of aromatic nitrogens is 1. The van der Waals surface area contributed by atoms with Gasteiger partial charge in [-0.1, -0.05) is 60.7 Å². The molecule has 0 N–H and O–H groups in total. The molecule has 0 atom stereocenters. The lowest BCUT2D eigenvalue weighted by molar-refractivity contribution is 0.104. The number of benzene rings is 3. The van der Waals surface area contributed by atoms with Crippen LogP contribution in [0.1, 0.15) is 16.1 Å². The number of carbonyl (C=O) groups excluding carboxylic acids is 1. The summed E-state index contributed by atoms with van der Waals surface area (Å²) >= 11 is 0. The Bertz CT molecular complexity index is 1050. The number of hydrogen-bond donors (Lipinski definition) is 0. The van der Waals surface area contributed by atoms with Gasteiger partial charge in [-0.2, -0.15) is 0 Å². The highest BCUT2D eigenvalue weighted by molar-refractivity contribution is 6.05. The summed E-state index contributed by atoms with van der Waals surface area (Å²) in [6, 6.07) is 34.0. The fraction of sp³-hybridized carbons (Fsp3) is 0. The molecule has 0 saturated heterocycles. The topological polar surface area (TPSA) is 33.2 Å². The number of pyridine rings is 1. The maximum atomic E-state index is 12.2. The first-order chi connectivity index (χ1) is 14.3. The van der Waals surface area contributed by atoms with Crippen LogP contribution in [0.25, 0.3) is 6.08 Å². The van der Waals surface area contributed by atoms with Gasteiger partial charge >= 0.3 is 0 Å². The van der Waals surface area contributed by atoms with E-state index in [4.69, 9.17) is 0 Å². The number of rotatable bonds is 6. The van der Waals surface area contributed by atoms with Gasteiger partial charge in [0.15, 0.2) is 0 Å². The van der Waals surface area contributed by atoms with Gasteiger partial charge in [-0.25, -0.2) is 0 Å². The molecule has 0 unspecified atom stereocenters. The number of nitrogens with zero attached hydrogens (tertiary/aromatic N) is 2. The molecule has 3 nitrogen and oxygen atoms in total. The van der Waals surface area contributed by atoms with Crippen molar-refractivity contribution in [2.24, 2.45) is 0 Å². The molecule has 0 radical (unpaired) electrons. The molecule has 3 heteroatoms. The molecule has 0 aliphatic heterocycles. The van der Waals surface area contributed by atoms with Crippen LogP contribution in [0, 0.1) is 0 Å². The van der Waals surface area contributed by atoms with Gasteiger partial charge in [0.1, 0.15) is 5.69 Å². The molecule has 0 amide bonds. The van der Waals surface area contributed by atoms with Crippen molar-refractivity contribution in [2.45, 2.75) is 0 Å². The van der Waals surface area contributed by atoms with Gasteiger partial charge in [0, 0.05) is 23.3 Å². The number of hydrogen-bond acceptors (Lipinski definition) is 3. The number of carbonyl (C=O) groups is 1. The Hall–Kier alpha value is -3.98. The van der Waals surface area contributed by atoms with Crippen LogP contribution < -0.4 is 4.90 Å². The van der Waals surface area contributed by atoms with E-state index in [0.29, 0.717) is 5.69 Å². The summed E-state index contributed by atoms with van der Waals surface area (Å²) in [7, 11) is 0. The Kier molecular flexibility index (Phi) is 5.58. The molecule has 0 spiro atoms. The fourth-order valence-corrected chi connectivity index (χ4v) is 3.10. The summed E-state index contributed by atoms with van der Waals surface area (Å²) < 4.78 is 0. The lowest BCUT2D eigenvalue weighted by Gasteiger charge is -2.25. The predicted molar refractivity (Wildman–Crippen MR) is 119 cm³/mol. The van der Waals surface area contributed by atoms with Crippen molar-refractivity contribution in [3.63, 3.8) is 0 Å². The second-order valence-electron chi connectivity index (χ2n) is 6.51. The highest BCUT2D eigenvalue weighted by Gasteiger charge is 2.11. The molecule has 29 heavy (non-hydrogen) atoms. The number of anilines is 3. The molecule has 0 aliphatic rings. The first-order valence-corrected chi connectivity index (χ1v) is 9.45. The number of allylic oxidation sites excluding steroid dienone is 1. The zero-order valence-electron chi connectivity index (χ0n) is 15.8. The van der Waals surface area contributed by atoms with E-state index >= 15 is 0 Å². The minimum Gasteiger partial charge on any atom is -0.311 e. The second kappa shape index (κ2) is 8.81. The van der Waals surface area contributed by atoms with Crippen LogP contribution in [0.2, 0.25) is 0 Å². The minimum absolute atomic E-state index is 0.107. The first-order valence-electron chi connectivity index (χ1n) is 9.45. The molecular formula is C26H20N2O. The molecule has 4 rings (SSSR count). The van der Waals surface area contributed by atoms with E-state index in [0.717, 1.165) is 22.6 Å². The van der Waals surface area contributed by atoms with Gasteiger partial charge in [0.05, 0.1) is 0 Å². The maximum absolute atomic E-state index is 12.2. The van der Waals surface area contributed by atoms with E-state index < -0.39 is 0 Å². The van der Waals surface area contributed by atoms with Crippen molar-refractivity contribution in [1.82, 2.24) is 4.98 Å². The van der Waals surface area contributed by atoms with Gasteiger partial charge in [0.25, 0.3) is 0 Å². The summed E-state index contributed by atoms with van der Waals surface area (Å²) in [5, 5.41) is 0. The van der Waals surface area contributed by atoms with Crippen LogP contribution in [0.3, 0.4) is 0 Å². The Morgan fingerprint density at radius 1 is 0.655 bits per heavy atom. The fourth-order valence-electron chi connectivity index (χ4n) is 3.10. The average molecular weight is 376 g/mol. The van der Waals surface area contributed by atoms with Gasteiger partial charge in [-0.05, 0) is 60.2 Å². The van der Waals surface area contributed by atoms with E-state index in [9.17, 15) is 4.79 Å². The summed E-state index contributed by atoms with van der Waals surface area (Å²) in [6.07, 6.45) is 5.00. The van der Waals surface area contributed by atoms with Gasteiger partial charge in [-0.15, -0.1) is 0 Å². The van der Waals surface area contributed by atoms with Crippen LogP contribution >= 0.6 is 0 Å². The van der Waals surface area contributed by atoms with Gasteiger partial charge in [0.2, 0.25) is 5.78 Å². The lowest BCUT2D eigenvalue weighted by Crippen LogP contribution is -2.09. The number of para-hydroxylation sites is 2. The van der Waals surface area contributed by atoms with E-state index in [1.807, 2.05) is 60.7 Å². The molecule has 0 saturated carbocycles. The smallest absolute Gasteiger partial charge is 0.204 e. The van der Waals surface area contributed by atoms with Crippen molar-refractivity contribution < 1.29 is 4.79 Å². The first kappa shape index (κ1) is 18.4. The van der Waals surface area contributed by atoms with E-state index in [1.165, 1.54) is 0 Å². The molecule has 0 fully saturated rings. The van der Waals surface area contributed by atoms with Crippen molar-refractivity contribution in [2.75, 3.05) is 4.90 Å². The van der Waals surface area contributed by atoms with Crippen molar-refractivity contribution in [3.8, 4) is 0 Å². The van der Waals surface area contributed by atoms with Crippen molar-refractivity contribution in [3.05, 3.63) is 127 Å². The van der Waals surface area contributed by atoms with E-state index in [-0.39, 0.29) is 5.78 Å². The highest BCUT2D eigenvalue weighted by atomic mass is 16.1. The predicted octanol–water partition coefficient (Wildman–Crippen LogP) is 6.45. The quantitative estimate of drug-likeness (QED) is 0.286. The Balaban J connectivity index is 1.59. The standard InChI is InChI=1S/C26H20N2O/c29-26(25-13-7-8-20-27-25)19-16-21-14-17-24(18-15-21)28(22-9-3-1-4-10-22)23-11-5-2-6-12-23/h1-20H. The molecule has 0 aliphatic carbocycles. The Morgan fingerprint density at radius 3 is 1.76 bits per heavy atom. The van der Waals surface area contributed by atoms with Crippen LogP contribution in [-0.2, 0) is 0 Å². The SMILES string of the molecule is O=C(C=Cc1ccc(N(c2ccccc2)c2ccccc2)cc1)c1ccccn1. The van der Waals surface area contributed by atoms with E-state index in [1.54, 1.807) is 24.4 Å². The van der Waals surface area contributed by atoms with Crippen LogP contribution in [0.4, 0.5) is 17.1 Å². The molecule has 3 aromatic carbocycles. The van der Waals surface area contributed by atoms with Crippen molar-refractivity contribution >= 4 is 28.9 Å². The third-order valence-corrected chi connectivity index (χ3v) is 4.52. The molecule has 1 aromatic heterocycles. The summed E-state index contributed by atoms with van der Waals surface area (Å²) in [6.45, 7) is 0. The molecule has 4 aromatic rings. The molecular weight excluding hydrogens is 356 g/mol. The average Bonchev–Trinajstić information content (AvgIpc) is 2.80. The number of ketones is 1. The van der Waals surface area contributed by atoms with Crippen molar-refractivity contribution in [1.29, 1.82) is 0 Å². The third-order valence-electron chi connectivity index (χ3n) is 4.52. The lowest BCUT2D eigenvalue weighted by atomic mass is 10.1. The Labute approximate surface area is 170 Å². The third kappa shape index (κ3) is 4.47. The second-order valence-corrected chi connectivity index (χ2v) is 6.51. The monoisotopic (exact) mass is 376 g/mol.